The number of fused-ring (bicyclic) bond motifs is 2. The van der Waals surface area contributed by atoms with Gasteiger partial charge in [0.15, 0.2) is 5.65 Å². The molecule has 0 fully saturated rings. The molecule has 2 N–H and O–H groups in total. The van der Waals surface area contributed by atoms with Crippen LogP contribution in [0.25, 0.3) is 44.4 Å². The molecule has 0 amide bonds. The molecule has 0 atom stereocenters. The van der Waals surface area contributed by atoms with Crippen LogP contribution in [0, 0.1) is 11.6 Å². The number of benzene rings is 3. The lowest BCUT2D eigenvalue weighted by atomic mass is 10.0. The van der Waals surface area contributed by atoms with E-state index in [1.165, 1.54) is 48.5 Å². The summed E-state index contributed by atoms with van der Waals surface area (Å²) >= 11 is 0. The van der Waals surface area contributed by atoms with Crippen LogP contribution < -0.4 is 15.9 Å². The first-order valence-corrected chi connectivity index (χ1v) is 11.6. The van der Waals surface area contributed by atoms with E-state index >= 15 is 0 Å². The number of hydrogen-bond donors (Lipinski definition) is 1. The highest BCUT2D eigenvalue weighted by Gasteiger charge is 2.22. The maximum atomic E-state index is 14.4. The van der Waals surface area contributed by atoms with E-state index in [9.17, 15) is 13.6 Å². The minimum absolute atomic E-state index is 0.0503. The maximum Gasteiger partial charge on any atom is 0.200 e. The van der Waals surface area contributed by atoms with Gasteiger partial charge in [0.1, 0.15) is 53.1 Å². The molecule has 8 nitrogen and oxygen atoms in total. The number of methoxy groups -OCH3 is 1. The summed E-state index contributed by atoms with van der Waals surface area (Å²) in [5.74, 6) is -0.333. The lowest BCUT2D eigenvalue weighted by molar-refractivity contribution is 0.411. The summed E-state index contributed by atoms with van der Waals surface area (Å²) in [5.41, 5.74) is 7.89. The molecule has 0 radical (unpaired) electrons. The highest BCUT2D eigenvalue weighted by Crippen LogP contribution is 2.34. The summed E-state index contributed by atoms with van der Waals surface area (Å²) in [6.45, 7) is -0.0503. The second-order valence-electron chi connectivity index (χ2n) is 8.58. The van der Waals surface area contributed by atoms with Crippen molar-refractivity contribution >= 4 is 27.8 Å². The van der Waals surface area contributed by atoms with Crippen molar-refractivity contribution in [1.82, 2.24) is 19.7 Å². The summed E-state index contributed by atoms with van der Waals surface area (Å²) < 4.78 is 41.4. The molecule has 6 aromatic rings. The molecule has 0 aliphatic carbocycles. The largest absolute Gasteiger partial charge is 0.497 e. The van der Waals surface area contributed by atoms with Gasteiger partial charge in [0.2, 0.25) is 5.43 Å². The second kappa shape index (κ2) is 9.07. The second-order valence-corrected chi connectivity index (χ2v) is 8.58. The molecule has 3 heterocycles. The van der Waals surface area contributed by atoms with Crippen molar-refractivity contribution in [3.63, 3.8) is 0 Å². The lowest BCUT2D eigenvalue weighted by Gasteiger charge is -2.11. The minimum Gasteiger partial charge on any atom is -0.497 e. The molecule has 188 valence electrons. The number of nitrogen functional groups attached to an aromatic ring is 1. The third-order valence-electron chi connectivity index (χ3n) is 6.22. The predicted molar refractivity (Wildman–Crippen MR) is 139 cm³/mol. The van der Waals surface area contributed by atoms with Crippen LogP contribution in [0.4, 0.5) is 14.6 Å². The van der Waals surface area contributed by atoms with Crippen LogP contribution in [0.15, 0.2) is 82.3 Å². The molecule has 0 saturated heterocycles. The van der Waals surface area contributed by atoms with E-state index in [0.717, 1.165) is 0 Å². The van der Waals surface area contributed by atoms with Crippen LogP contribution in [0.5, 0.6) is 5.75 Å². The number of anilines is 1. The Morgan fingerprint density at radius 3 is 2.61 bits per heavy atom. The standard InChI is InChI=1S/C28H19F2N5O3/c1-37-19-11-16(10-18(30)12-19)25-24-27(31)32-14-33-28(24)35(34-25)13-22-23(15-5-4-6-17(29)9-15)26(36)20-7-2-3-8-21(20)38-22/h2-12,14H,13H2,1H3,(H2,31,32,33). The van der Waals surface area contributed by atoms with E-state index < -0.39 is 11.6 Å². The Morgan fingerprint density at radius 1 is 0.974 bits per heavy atom. The fourth-order valence-electron chi connectivity index (χ4n) is 4.53. The summed E-state index contributed by atoms with van der Waals surface area (Å²) in [6.07, 6.45) is 1.29. The summed E-state index contributed by atoms with van der Waals surface area (Å²) in [4.78, 5) is 22.0. The van der Waals surface area contributed by atoms with E-state index in [2.05, 4.69) is 15.1 Å². The number of rotatable bonds is 5. The van der Waals surface area contributed by atoms with E-state index in [0.29, 0.717) is 44.6 Å². The van der Waals surface area contributed by atoms with Gasteiger partial charge in [0.05, 0.1) is 23.4 Å². The molecule has 10 heteroatoms. The van der Waals surface area contributed by atoms with Gasteiger partial charge in [-0.2, -0.15) is 5.10 Å². The Bertz CT molecular complexity index is 1920. The Kier molecular flexibility index (Phi) is 5.56. The lowest BCUT2D eigenvalue weighted by Crippen LogP contribution is -2.13. The third kappa shape index (κ3) is 3.92. The molecular weight excluding hydrogens is 492 g/mol. The van der Waals surface area contributed by atoms with E-state index in [4.69, 9.17) is 14.9 Å². The van der Waals surface area contributed by atoms with Crippen molar-refractivity contribution in [1.29, 1.82) is 0 Å². The Labute approximate surface area is 213 Å². The SMILES string of the molecule is COc1cc(F)cc(-c2nn(Cc3oc4ccccc4c(=O)c3-c3cccc(F)c3)c3ncnc(N)c23)c1. The van der Waals surface area contributed by atoms with Gasteiger partial charge >= 0.3 is 0 Å². The maximum absolute atomic E-state index is 14.4. The number of para-hydroxylation sites is 1. The molecule has 3 aromatic heterocycles. The van der Waals surface area contributed by atoms with E-state index in [-0.39, 0.29) is 29.1 Å². The van der Waals surface area contributed by atoms with Gasteiger partial charge in [-0.1, -0.05) is 24.3 Å². The predicted octanol–water partition coefficient (Wildman–Crippen LogP) is 5.18. The molecule has 0 unspecified atom stereocenters. The molecule has 38 heavy (non-hydrogen) atoms. The van der Waals surface area contributed by atoms with Crippen molar-refractivity contribution in [2.75, 3.05) is 12.8 Å². The van der Waals surface area contributed by atoms with Gasteiger partial charge in [0, 0.05) is 11.6 Å². The van der Waals surface area contributed by atoms with Crippen LogP contribution in [0.3, 0.4) is 0 Å². The number of halogens is 2. The number of aromatic nitrogens is 4. The molecule has 6 rings (SSSR count). The van der Waals surface area contributed by atoms with E-state index in [1.807, 2.05) is 0 Å². The average molecular weight is 511 g/mol. The van der Waals surface area contributed by atoms with Crippen LogP contribution in [-0.4, -0.2) is 26.9 Å². The van der Waals surface area contributed by atoms with Crippen LogP contribution >= 0.6 is 0 Å². The van der Waals surface area contributed by atoms with E-state index in [1.54, 1.807) is 36.4 Å². The van der Waals surface area contributed by atoms with Gasteiger partial charge in [-0.3, -0.25) is 4.79 Å². The molecule has 0 bridgehead atoms. The Morgan fingerprint density at radius 2 is 1.79 bits per heavy atom. The molecule has 0 aliphatic rings. The average Bonchev–Trinajstić information content (AvgIpc) is 3.28. The third-order valence-corrected chi connectivity index (χ3v) is 6.22. The fraction of sp³-hybridized carbons (Fsp3) is 0.0714. The zero-order valence-corrected chi connectivity index (χ0v) is 20.0. The zero-order chi connectivity index (χ0) is 26.4. The van der Waals surface area contributed by atoms with Crippen LogP contribution in [-0.2, 0) is 6.54 Å². The minimum atomic E-state index is -0.522. The van der Waals surface area contributed by atoms with Crippen molar-refractivity contribution in [2.45, 2.75) is 6.54 Å². The first kappa shape index (κ1) is 23.3. The van der Waals surface area contributed by atoms with Gasteiger partial charge in [-0.15, -0.1) is 0 Å². The number of nitrogens with zero attached hydrogens (tertiary/aromatic N) is 4. The summed E-state index contributed by atoms with van der Waals surface area (Å²) in [5, 5.41) is 5.43. The molecular formula is C28H19F2N5O3. The molecule has 0 saturated carbocycles. The normalized spacial score (nSPS) is 11.3. The number of hydrogen-bond acceptors (Lipinski definition) is 7. The van der Waals surface area contributed by atoms with Crippen molar-refractivity contribution < 1.29 is 17.9 Å². The van der Waals surface area contributed by atoms with Gasteiger partial charge < -0.3 is 14.9 Å². The highest BCUT2D eigenvalue weighted by atomic mass is 19.1. The Hall–Kier alpha value is -5.12. The summed E-state index contributed by atoms with van der Waals surface area (Å²) in [6, 6.07) is 16.7. The van der Waals surface area contributed by atoms with Crippen LogP contribution in [0.2, 0.25) is 0 Å². The van der Waals surface area contributed by atoms with Gasteiger partial charge in [-0.25, -0.2) is 23.4 Å². The molecule has 0 aliphatic heterocycles. The van der Waals surface area contributed by atoms with Gasteiger partial charge in [-0.05, 0) is 42.0 Å². The zero-order valence-electron chi connectivity index (χ0n) is 20.0. The molecule has 0 spiro atoms. The smallest absolute Gasteiger partial charge is 0.200 e. The van der Waals surface area contributed by atoms with Crippen molar-refractivity contribution in [3.8, 4) is 28.1 Å². The van der Waals surface area contributed by atoms with Crippen LogP contribution in [0.1, 0.15) is 5.76 Å². The topological polar surface area (TPSA) is 109 Å². The first-order chi connectivity index (χ1) is 18.4. The quantitative estimate of drug-likeness (QED) is 0.340. The Balaban J connectivity index is 1.60. The van der Waals surface area contributed by atoms with Gasteiger partial charge in [0.25, 0.3) is 0 Å². The highest BCUT2D eigenvalue weighted by molar-refractivity contribution is 5.98. The van der Waals surface area contributed by atoms with Crippen molar-refractivity contribution in [3.05, 3.63) is 101 Å². The first-order valence-electron chi connectivity index (χ1n) is 11.6. The number of nitrogens with two attached hydrogens (primary N) is 1. The number of ether oxygens (including phenoxy) is 1. The monoisotopic (exact) mass is 511 g/mol. The summed E-state index contributed by atoms with van der Waals surface area (Å²) in [7, 11) is 1.43. The fourth-order valence-corrected chi connectivity index (χ4v) is 4.53. The van der Waals surface area contributed by atoms with Crippen molar-refractivity contribution in [2.24, 2.45) is 0 Å². The molecule has 3 aromatic carbocycles.